The van der Waals surface area contributed by atoms with E-state index in [0.29, 0.717) is 0 Å². The van der Waals surface area contributed by atoms with Crippen molar-refractivity contribution in [3.63, 3.8) is 0 Å². The molecule has 0 amide bonds. The Balaban J connectivity index is 0.000000509. The molecule has 0 atom stereocenters. The second-order valence-corrected chi connectivity index (χ2v) is 3.45. The number of allylic oxidation sites excluding steroid dienone is 2. The van der Waals surface area contributed by atoms with Crippen LogP contribution in [-0.4, -0.2) is 0 Å². The summed E-state index contributed by atoms with van der Waals surface area (Å²) in [4.78, 5) is 0. The van der Waals surface area contributed by atoms with Crippen molar-refractivity contribution in [2.24, 2.45) is 0 Å². The smallest absolute Gasteiger partial charge is 0.00853 e. The second kappa shape index (κ2) is 8.15. The van der Waals surface area contributed by atoms with Crippen molar-refractivity contribution in [1.29, 1.82) is 0 Å². The predicted octanol–water partition coefficient (Wildman–Crippen LogP) is 5.40. The molecule has 0 N–H and O–H groups in total. The molecule has 90 valence electrons. The summed E-state index contributed by atoms with van der Waals surface area (Å²) in [5, 5.41) is 0. The Morgan fingerprint density at radius 2 is 1.69 bits per heavy atom. The lowest BCUT2D eigenvalue weighted by Crippen LogP contribution is -1.84. The summed E-state index contributed by atoms with van der Waals surface area (Å²) in [5.41, 5.74) is 5.87. The van der Waals surface area contributed by atoms with Crippen LogP contribution in [0.4, 0.5) is 0 Å². The molecule has 16 heavy (non-hydrogen) atoms. The molecule has 1 aromatic rings. The van der Waals surface area contributed by atoms with E-state index in [1.54, 1.807) is 0 Å². The van der Waals surface area contributed by atoms with Gasteiger partial charge in [-0.15, -0.1) is 0 Å². The minimum Gasteiger partial charge on any atom is -0.0763 e. The Labute approximate surface area is 101 Å². The van der Waals surface area contributed by atoms with Crippen LogP contribution in [0, 0.1) is 6.92 Å². The molecule has 0 nitrogen and oxygen atoms in total. The molecule has 0 heterocycles. The zero-order valence-electron chi connectivity index (χ0n) is 11.7. The van der Waals surface area contributed by atoms with E-state index in [2.05, 4.69) is 38.1 Å². The molecular formula is C16H26. The van der Waals surface area contributed by atoms with Gasteiger partial charge in [0.15, 0.2) is 0 Å². The first-order valence-electron chi connectivity index (χ1n) is 6.60. The van der Waals surface area contributed by atoms with Gasteiger partial charge in [-0.3, -0.25) is 0 Å². The van der Waals surface area contributed by atoms with Crippen LogP contribution >= 0.6 is 0 Å². The Hall–Kier alpha value is -1.04. The summed E-state index contributed by atoms with van der Waals surface area (Å²) in [5.74, 6) is 0. The summed E-state index contributed by atoms with van der Waals surface area (Å²) < 4.78 is 0. The number of hydrogen-bond acceptors (Lipinski definition) is 0. The molecule has 0 bridgehead atoms. The molecule has 0 aromatic heterocycles. The van der Waals surface area contributed by atoms with Crippen LogP contribution < -0.4 is 0 Å². The van der Waals surface area contributed by atoms with E-state index in [0.717, 1.165) is 12.8 Å². The van der Waals surface area contributed by atoms with Crippen LogP contribution in [0.5, 0.6) is 0 Å². The van der Waals surface area contributed by atoms with Gasteiger partial charge in [0, 0.05) is 0 Å². The Bertz CT molecular complexity index is 332. The fraction of sp³-hybridized carbons (Fsp3) is 0.500. The number of fused-ring (bicyclic) bond motifs is 1. The average Bonchev–Trinajstić information content (AvgIpc) is 2.76. The van der Waals surface area contributed by atoms with Crippen molar-refractivity contribution >= 4 is 5.57 Å². The van der Waals surface area contributed by atoms with Gasteiger partial charge < -0.3 is 0 Å². The first-order valence-corrected chi connectivity index (χ1v) is 6.60. The molecule has 0 fully saturated rings. The highest BCUT2D eigenvalue weighted by Crippen LogP contribution is 2.29. The van der Waals surface area contributed by atoms with Crippen LogP contribution in [0.3, 0.4) is 0 Å². The zero-order chi connectivity index (χ0) is 12.6. The highest BCUT2D eigenvalue weighted by Gasteiger charge is 2.11. The number of hydrogen-bond donors (Lipinski definition) is 0. The van der Waals surface area contributed by atoms with Crippen LogP contribution in [0.1, 0.15) is 57.7 Å². The van der Waals surface area contributed by atoms with E-state index in [9.17, 15) is 0 Å². The van der Waals surface area contributed by atoms with Crippen molar-refractivity contribution < 1.29 is 0 Å². The molecule has 1 aliphatic carbocycles. The van der Waals surface area contributed by atoms with Crippen molar-refractivity contribution in [1.82, 2.24) is 0 Å². The van der Waals surface area contributed by atoms with Gasteiger partial charge in [-0.1, -0.05) is 64.5 Å². The molecule has 0 aliphatic heterocycles. The van der Waals surface area contributed by atoms with Crippen LogP contribution in [0.15, 0.2) is 24.3 Å². The molecule has 0 saturated heterocycles. The van der Waals surface area contributed by atoms with Gasteiger partial charge in [-0.05, 0) is 36.5 Å². The van der Waals surface area contributed by atoms with E-state index in [1.807, 2.05) is 27.7 Å². The molecule has 0 saturated carbocycles. The van der Waals surface area contributed by atoms with Gasteiger partial charge in [0.25, 0.3) is 0 Å². The predicted molar refractivity (Wildman–Crippen MR) is 75.8 cm³/mol. The standard InChI is InChI=1S/C12H14.2C2H6/c1-3-10-5-6-11-8-9(2)4-7-12(10)11;2*1-2/h4-5,7-8H,3,6H2,1-2H3;2*1-2H3. The molecule has 0 spiro atoms. The van der Waals surface area contributed by atoms with Gasteiger partial charge >= 0.3 is 0 Å². The molecule has 0 radical (unpaired) electrons. The van der Waals surface area contributed by atoms with Crippen molar-refractivity contribution in [3.8, 4) is 0 Å². The molecule has 0 unspecified atom stereocenters. The van der Waals surface area contributed by atoms with E-state index < -0.39 is 0 Å². The summed E-state index contributed by atoms with van der Waals surface area (Å²) in [7, 11) is 0. The third kappa shape index (κ3) is 3.52. The third-order valence-electron chi connectivity index (χ3n) is 2.56. The van der Waals surface area contributed by atoms with Gasteiger partial charge in [-0.25, -0.2) is 0 Å². The second-order valence-electron chi connectivity index (χ2n) is 3.45. The third-order valence-corrected chi connectivity index (χ3v) is 2.56. The van der Waals surface area contributed by atoms with Crippen LogP contribution in [-0.2, 0) is 6.42 Å². The summed E-state index contributed by atoms with van der Waals surface area (Å²) in [6.45, 7) is 12.4. The highest BCUT2D eigenvalue weighted by molar-refractivity contribution is 5.73. The van der Waals surface area contributed by atoms with E-state index in [4.69, 9.17) is 0 Å². The normalized spacial score (nSPS) is 11.5. The number of rotatable bonds is 1. The van der Waals surface area contributed by atoms with Crippen LogP contribution in [0.25, 0.3) is 5.57 Å². The van der Waals surface area contributed by atoms with Crippen molar-refractivity contribution in [3.05, 3.63) is 41.0 Å². The van der Waals surface area contributed by atoms with Crippen molar-refractivity contribution in [2.75, 3.05) is 0 Å². The maximum atomic E-state index is 2.35. The summed E-state index contributed by atoms with van der Waals surface area (Å²) in [6.07, 6.45) is 4.65. The lowest BCUT2D eigenvalue weighted by atomic mass is 10.0. The first kappa shape index (κ1) is 15.0. The average molecular weight is 218 g/mol. The van der Waals surface area contributed by atoms with E-state index in [-0.39, 0.29) is 0 Å². The largest absolute Gasteiger partial charge is 0.0763 e. The molecule has 1 aliphatic rings. The van der Waals surface area contributed by atoms with E-state index in [1.165, 1.54) is 22.3 Å². The Morgan fingerprint density at radius 3 is 2.25 bits per heavy atom. The maximum Gasteiger partial charge on any atom is -0.00853 e. The zero-order valence-corrected chi connectivity index (χ0v) is 11.7. The number of benzene rings is 1. The van der Waals surface area contributed by atoms with Gasteiger partial charge in [-0.2, -0.15) is 0 Å². The van der Waals surface area contributed by atoms with Gasteiger partial charge in [0.05, 0.1) is 0 Å². The fourth-order valence-corrected chi connectivity index (χ4v) is 1.88. The topological polar surface area (TPSA) is 0 Å². The highest BCUT2D eigenvalue weighted by atomic mass is 14.2. The summed E-state index contributed by atoms with van der Waals surface area (Å²) >= 11 is 0. The van der Waals surface area contributed by atoms with Crippen molar-refractivity contribution in [2.45, 2.75) is 54.4 Å². The van der Waals surface area contributed by atoms with Gasteiger partial charge in [0.1, 0.15) is 0 Å². The molecular weight excluding hydrogens is 192 g/mol. The quantitative estimate of drug-likeness (QED) is 0.592. The minimum absolute atomic E-state index is 1.14. The minimum atomic E-state index is 1.14. The maximum absolute atomic E-state index is 2.35. The lowest BCUT2D eigenvalue weighted by Gasteiger charge is -2.03. The fourth-order valence-electron chi connectivity index (χ4n) is 1.88. The Morgan fingerprint density at radius 1 is 1.06 bits per heavy atom. The molecule has 1 aromatic carbocycles. The Kier molecular flexibility index (Phi) is 7.62. The number of aryl methyl sites for hydroxylation is 1. The lowest BCUT2D eigenvalue weighted by molar-refractivity contribution is 1.24. The first-order chi connectivity index (χ1) is 7.81. The summed E-state index contributed by atoms with van der Waals surface area (Å²) in [6, 6.07) is 6.76. The monoisotopic (exact) mass is 218 g/mol. The SMILES string of the molecule is CC.CC.CCC1=CCc2cc(C)ccc21. The van der Waals surface area contributed by atoms with E-state index >= 15 is 0 Å². The van der Waals surface area contributed by atoms with Crippen LogP contribution in [0.2, 0.25) is 0 Å². The molecule has 2 rings (SSSR count). The van der Waals surface area contributed by atoms with Gasteiger partial charge in [0.2, 0.25) is 0 Å². The molecule has 0 heteroatoms.